The van der Waals surface area contributed by atoms with Gasteiger partial charge in [0.05, 0.1) is 5.52 Å². The first kappa shape index (κ1) is 15.1. The van der Waals surface area contributed by atoms with Gasteiger partial charge < -0.3 is 5.32 Å². The molecule has 7 heteroatoms. The summed E-state index contributed by atoms with van der Waals surface area (Å²) in [4.78, 5) is 28.8. The van der Waals surface area contributed by atoms with Crippen LogP contribution in [0.3, 0.4) is 0 Å². The van der Waals surface area contributed by atoms with Crippen LogP contribution in [0.2, 0.25) is 0 Å². The smallest absolute Gasteiger partial charge is 0.272 e. The van der Waals surface area contributed by atoms with Gasteiger partial charge in [0.25, 0.3) is 5.56 Å². The van der Waals surface area contributed by atoms with E-state index in [0.717, 1.165) is 6.42 Å². The summed E-state index contributed by atoms with van der Waals surface area (Å²) in [5.74, 6) is -0.158. The summed E-state index contributed by atoms with van der Waals surface area (Å²) in [5.41, 5.74) is 0.552. The molecule has 0 aliphatic heterocycles. The van der Waals surface area contributed by atoms with Gasteiger partial charge in [0.1, 0.15) is 11.2 Å². The minimum absolute atomic E-state index is 0.0141. The average Bonchev–Trinajstić information content (AvgIpc) is 2.89. The van der Waals surface area contributed by atoms with Crippen LogP contribution in [0.1, 0.15) is 20.3 Å². The molecular weight excluding hydrogens is 294 g/mol. The molecule has 0 aliphatic carbocycles. The molecule has 20 heavy (non-hydrogen) atoms. The van der Waals surface area contributed by atoms with E-state index in [1.165, 1.54) is 27.7 Å². The van der Waals surface area contributed by atoms with Crippen molar-refractivity contribution in [2.24, 2.45) is 0 Å². The van der Waals surface area contributed by atoms with Gasteiger partial charge in [-0.3, -0.25) is 14.2 Å². The van der Waals surface area contributed by atoms with E-state index in [9.17, 15) is 9.59 Å². The Morgan fingerprint density at radius 2 is 2.35 bits per heavy atom. The zero-order valence-electron chi connectivity index (χ0n) is 11.7. The van der Waals surface area contributed by atoms with Gasteiger partial charge in [0.15, 0.2) is 5.16 Å². The summed E-state index contributed by atoms with van der Waals surface area (Å²) >= 11 is 2.73. The Morgan fingerprint density at radius 1 is 1.60 bits per heavy atom. The predicted molar refractivity (Wildman–Crippen MR) is 83.6 cm³/mol. The van der Waals surface area contributed by atoms with Crippen molar-refractivity contribution in [1.82, 2.24) is 14.9 Å². The normalized spacial score (nSPS) is 12.6. The van der Waals surface area contributed by atoms with Gasteiger partial charge in [-0.25, -0.2) is 4.98 Å². The number of nitrogens with zero attached hydrogens (tertiary/aromatic N) is 2. The molecule has 0 aliphatic rings. The second-order valence-electron chi connectivity index (χ2n) is 4.50. The molecule has 2 aromatic rings. The van der Waals surface area contributed by atoms with Gasteiger partial charge in [-0.15, -0.1) is 11.3 Å². The molecule has 0 saturated carbocycles. The number of fused-ring (bicyclic) bond motifs is 1. The Labute approximate surface area is 125 Å². The number of nitrogens with one attached hydrogen (secondary N) is 1. The second-order valence-corrected chi connectivity index (χ2v) is 6.19. The van der Waals surface area contributed by atoms with Crippen molar-refractivity contribution < 1.29 is 4.79 Å². The Balaban J connectivity index is 2.35. The zero-order chi connectivity index (χ0) is 14.7. The highest BCUT2D eigenvalue weighted by molar-refractivity contribution is 7.98. The Morgan fingerprint density at radius 3 is 3.00 bits per heavy atom. The third-order valence-electron chi connectivity index (χ3n) is 3.03. The lowest BCUT2D eigenvalue weighted by molar-refractivity contribution is -0.122. The monoisotopic (exact) mass is 311 g/mol. The number of carbonyl (C=O) groups is 1. The SMILES string of the molecule is CC[C@H](C)NC(=O)Cn1c(SC)nc2ccsc2c1=O. The summed E-state index contributed by atoms with van der Waals surface area (Å²) in [6.45, 7) is 3.96. The van der Waals surface area contributed by atoms with Crippen molar-refractivity contribution in [2.45, 2.75) is 38.0 Å². The largest absolute Gasteiger partial charge is 0.352 e. The predicted octanol–water partition coefficient (Wildman–Crippen LogP) is 2.09. The van der Waals surface area contributed by atoms with Crippen LogP contribution in [-0.4, -0.2) is 27.8 Å². The van der Waals surface area contributed by atoms with Gasteiger partial charge in [-0.2, -0.15) is 0 Å². The van der Waals surface area contributed by atoms with Crippen LogP contribution in [0.25, 0.3) is 10.2 Å². The molecular formula is C13H17N3O2S2. The van der Waals surface area contributed by atoms with Crippen LogP contribution in [0.15, 0.2) is 21.4 Å². The lowest BCUT2D eigenvalue weighted by Crippen LogP contribution is -2.37. The molecule has 1 amide bonds. The van der Waals surface area contributed by atoms with E-state index in [-0.39, 0.29) is 24.1 Å². The van der Waals surface area contributed by atoms with Gasteiger partial charge in [0.2, 0.25) is 5.91 Å². The van der Waals surface area contributed by atoms with Crippen molar-refractivity contribution in [1.29, 1.82) is 0 Å². The standard InChI is InChI=1S/C13H17N3O2S2/c1-4-8(2)14-10(17)7-16-12(18)11-9(5-6-20-11)15-13(16)19-3/h5-6,8H,4,7H2,1-3H3,(H,14,17)/t8-/m0/s1. The maximum atomic E-state index is 12.4. The maximum absolute atomic E-state index is 12.4. The molecule has 0 saturated heterocycles. The third-order valence-corrected chi connectivity index (χ3v) is 4.60. The van der Waals surface area contributed by atoms with E-state index in [1.807, 2.05) is 31.5 Å². The summed E-state index contributed by atoms with van der Waals surface area (Å²) in [5, 5.41) is 5.28. The zero-order valence-corrected chi connectivity index (χ0v) is 13.3. The topological polar surface area (TPSA) is 64.0 Å². The Hall–Kier alpha value is -1.34. The molecule has 2 rings (SSSR count). The van der Waals surface area contributed by atoms with Crippen LogP contribution in [0.5, 0.6) is 0 Å². The molecule has 0 aromatic carbocycles. The fraction of sp³-hybridized carbons (Fsp3) is 0.462. The molecule has 1 atom stereocenters. The summed E-state index contributed by atoms with van der Waals surface area (Å²) in [6.07, 6.45) is 2.71. The summed E-state index contributed by atoms with van der Waals surface area (Å²) in [6, 6.07) is 1.93. The maximum Gasteiger partial charge on any atom is 0.272 e. The molecule has 0 fully saturated rings. The van der Waals surface area contributed by atoms with Crippen molar-refractivity contribution >= 4 is 39.2 Å². The lowest BCUT2D eigenvalue weighted by Gasteiger charge is -2.14. The summed E-state index contributed by atoms with van der Waals surface area (Å²) in [7, 11) is 0. The average molecular weight is 311 g/mol. The molecule has 1 N–H and O–H groups in total. The number of thioether (sulfide) groups is 1. The van der Waals surface area contributed by atoms with Crippen molar-refractivity contribution in [3.63, 3.8) is 0 Å². The first-order valence-corrected chi connectivity index (χ1v) is 8.48. The quantitative estimate of drug-likeness (QED) is 0.678. The highest BCUT2D eigenvalue weighted by Crippen LogP contribution is 2.19. The molecule has 2 heterocycles. The highest BCUT2D eigenvalue weighted by atomic mass is 32.2. The minimum Gasteiger partial charge on any atom is -0.352 e. The molecule has 5 nitrogen and oxygen atoms in total. The minimum atomic E-state index is -0.158. The molecule has 0 spiro atoms. The van der Waals surface area contributed by atoms with E-state index in [2.05, 4.69) is 10.3 Å². The molecule has 2 aromatic heterocycles. The van der Waals surface area contributed by atoms with Gasteiger partial charge >= 0.3 is 0 Å². The Bertz CT molecular complexity index is 678. The van der Waals surface area contributed by atoms with Crippen LogP contribution < -0.4 is 10.9 Å². The number of thiophene rings is 1. The van der Waals surface area contributed by atoms with E-state index in [4.69, 9.17) is 0 Å². The molecule has 0 unspecified atom stereocenters. The van der Waals surface area contributed by atoms with Crippen molar-refractivity contribution in [3.05, 3.63) is 21.8 Å². The van der Waals surface area contributed by atoms with E-state index < -0.39 is 0 Å². The highest BCUT2D eigenvalue weighted by Gasteiger charge is 2.15. The van der Waals surface area contributed by atoms with Crippen LogP contribution in [-0.2, 0) is 11.3 Å². The second kappa shape index (κ2) is 6.41. The van der Waals surface area contributed by atoms with Gasteiger partial charge in [-0.1, -0.05) is 18.7 Å². The van der Waals surface area contributed by atoms with Gasteiger partial charge in [-0.05, 0) is 31.0 Å². The van der Waals surface area contributed by atoms with Crippen molar-refractivity contribution in [2.75, 3.05) is 6.26 Å². The number of hydrogen-bond acceptors (Lipinski definition) is 5. The van der Waals surface area contributed by atoms with Crippen LogP contribution in [0.4, 0.5) is 0 Å². The number of amides is 1. The summed E-state index contributed by atoms with van der Waals surface area (Å²) < 4.78 is 2.04. The van der Waals surface area contributed by atoms with Crippen LogP contribution >= 0.6 is 23.1 Å². The fourth-order valence-electron chi connectivity index (χ4n) is 1.78. The van der Waals surface area contributed by atoms with Crippen molar-refractivity contribution in [3.8, 4) is 0 Å². The molecule has 0 bridgehead atoms. The lowest BCUT2D eigenvalue weighted by atomic mass is 10.2. The van der Waals surface area contributed by atoms with Crippen LogP contribution in [0, 0.1) is 0 Å². The van der Waals surface area contributed by atoms with E-state index in [1.54, 1.807) is 0 Å². The molecule has 108 valence electrons. The third kappa shape index (κ3) is 3.04. The molecule has 0 radical (unpaired) electrons. The van der Waals surface area contributed by atoms with E-state index >= 15 is 0 Å². The number of rotatable bonds is 5. The number of carbonyl (C=O) groups excluding carboxylic acids is 1. The first-order valence-electron chi connectivity index (χ1n) is 6.38. The van der Waals surface area contributed by atoms with E-state index in [0.29, 0.717) is 15.4 Å². The fourth-order valence-corrected chi connectivity index (χ4v) is 3.12. The Kier molecular flexibility index (Phi) is 4.82. The van der Waals surface area contributed by atoms with Gasteiger partial charge in [0, 0.05) is 6.04 Å². The number of hydrogen-bond donors (Lipinski definition) is 1. The number of aromatic nitrogens is 2. The first-order chi connectivity index (χ1) is 9.56.